The van der Waals surface area contributed by atoms with Crippen molar-refractivity contribution >= 4 is 17.1 Å². The minimum atomic E-state index is -1.21. The molecule has 0 aliphatic heterocycles. The quantitative estimate of drug-likeness (QED) is 0.541. The SMILES string of the molecule is O=[N+]([O-])c1cc([N+](=O)[O-])c(O)c([N+](=O)[O-])c1.OCc1ncc[nH]1. The summed E-state index contributed by atoms with van der Waals surface area (Å²) in [5.74, 6) is -0.597. The number of aromatic amines is 1. The largest absolute Gasteiger partial charge is 0.497 e. The number of imidazole rings is 1. The second-order valence-electron chi connectivity index (χ2n) is 3.80. The van der Waals surface area contributed by atoms with E-state index in [1.54, 1.807) is 12.4 Å². The van der Waals surface area contributed by atoms with Gasteiger partial charge in [-0.25, -0.2) is 4.98 Å². The van der Waals surface area contributed by atoms with Crippen molar-refractivity contribution in [2.24, 2.45) is 0 Å². The summed E-state index contributed by atoms with van der Waals surface area (Å²) >= 11 is 0. The second-order valence-corrected chi connectivity index (χ2v) is 3.80. The molecule has 0 amide bonds. The number of nitrogens with zero attached hydrogens (tertiary/aromatic N) is 4. The lowest BCUT2D eigenvalue weighted by molar-refractivity contribution is -0.404. The fourth-order valence-electron chi connectivity index (χ4n) is 1.36. The van der Waals surface area contributed by atoms with Crippen molar-refractivity contribution in [3.8, 4) is 5.75 Å². The molecule has 0 saturated heterocycles. The number of non-ortho nitro benzene ring substituents is 1. The summed E-state index contributed by atoms with van der Waals surface area (Å²) < 4.78 is 0. The summed E-state index contributed by atoms with van der Waals surface area (Å²) in [5, 5.41) is 48.5. The molecular weight excluding hydrogens is 318 g/mol. The van der Waals surface area contributed by atoms with E-state index in [0.29, 0.717) is 18.0 Å². The first-order valence-electron chi connectivity index (χ1n) is 5.67. The van der Waals surface area contributed by atoms with E-state index in [9.17, 15) is 30.3 Å². The zero-order chi connectivity index (χ0) is 17.6. The molecule has 1 aromatic carbocycles. The van der Waals surface area contributed by atoms with Gasteiger partial charge in [0, 0.05) is 12.4 Å². The molecule has 0 fully saturated rings. The lowest BCUT2D eigenvalue weighted by Crippen LogP contribution is -1.97. The summed E-state index contributed by atoms with van der Waals surface area (Å²) in [7, 11) is 0. The van der Waals surface area contributed by atoms with E-state index in [0.717, 1.165) is 0 Å². The van der Waals surface area contributed by atoms with Crippen molar-refractivity contribution in [2.45, 2.75) is 6.61 Å². The van der Waals surface area contributed by atoms with Gasteiger partial charge in [0.2, 0.25) is 0 Å². The Labute approximate surface area is 126 Å². The predicted molar refractivity (Wildman–Crippen MR) is 72.6 cm³/mol. The normalized spacial score (nSPS) is 9.61. The number of aliphatic hydroxyl groups is 1. The number of phenols is 1. The second kappa shape index (κ2) is 7.41. The van der Waals surface area contributed by atoms with Gasteiger partial charge in [-0.15, -0.1) is 0 Å². The number of aliphatic hydroxyl groups excluding tert-OH is 1. The number of hydrogen-bond donors (Lipinski definition) is 3. The highest BCUT2D eigenvalue weighted by Crippen LogP contribution is 2.38. The van der Waals surface area contributed by atoms with Gasteiger partial charge < -0.3 is 15.2 Å². The van der Waals surface area contributed by atoms with E-state index in [1.165, 1.54) is 0 Å². The topological polar surface area (TPSA) is 199 Å². The summed E-state index contributed by atoms with van der Waals surface area (Å²) in [6.45, 7) is -0.00694. The zero-order valence-electron chi connectivity index (χ0n) is 11.1. The minimum Gasteiger partial charge on any atom is -0.497 e. The van der Waals surface area contributed by atoms with Gasteiger partial charge in [-0.05, 0) is 0 Å². The number of nitro benzene ring substituents is 3. The Morgan fingerprint density at radius 2 is 1.57 bits per heavy atom. The van der Waals surface area contributed by atoms with Crippen molar-refractivity contribution in [3.05, 3.63) is 60.7 Å². The van der Waals surface area contributed by atoms with Crippen LogP contribution in [0.3, 0.4) is 0 Å². The monoisotopic (exact) mass is 327 g/mol. The molecule has 2 rings (SSSR count). The van der Waals surface area contributed by atoms with E-state index in [1.807, 2.05) is 0 Å². The van der Waals surface area contributed by atoms with Gasteiger partial charge in [-0.3, -0.25) is 30.3 Å². The third-order valence-corrected chi connectivity index (χ3v) is 2.36. The number of aromatic nitrogens is 2. The molecule has 13 nitrogen and oxygen atoms in total. The minimum absolute atomic E-state index is 0.00694. The highest BCUT2D eigenvalue weighted by Gasteiger charge is 2.30. The molecule has 0 saturated carbocycles. The van der Waals surface area contributed by atoms with E-state index >= 15 is 0 Å². The van der Waals surface area contributed by atoms with Crippen molar-refractivity contribution in [3.63, 3.8) is 0 Å². The van der Waals surface area contributed by atoms with Crippen LogP contribution in [0.2, 0.25) is 0 Å². The van der Waals surface area contributed by atoms with Crippen molar-refractivity contribution in [2.75, 3.05) is 0 Å². The van der Waals surface area contributed by atoms with Gasteiger partial charge in [0.15, 0.2) is 0 Å². The Morgan fingerprint density at radius 1 is 1.04 bits per heavy atom. The third-order valence-electron chi connectivity index (χ3n) is 2.36. The summed E-state index contributed by atoms with van der Waals surface area (Å²) in [5.41, 5.74) is -3.00. The van der Waals surface area contributed by atoms with Gasteiger partial charge in [0.1, 0.15) is 12.4 Å². The average molecular weight is 327 g/mol. The highest BCUT2D eigenvalue weighted by atomic mass is 16.6. The van der Waals surface area contributed by atoms with Crippen LogP contribution < -0.4 is 0 Å². The van der Waals surface area contributed by atoms with Crippen LogP contribution in [0.5, 0.6) is 5.75 Å². The number of nitro groups is 3. The van der Waals surface area contributed by atoms with E-state index in [4.69, 9.17) is 10.2 Å². The van der Waals surface area contributed by atoms with E-state index in [-0.39, 0.29) is 6.61 Å². The lowest BCUT2D eigenvalue weighted by atomic mass is 10.2. The first kappa shape index (κ1) is 17.4. The van der Waals surface area contributed by atoms with Crippen LogP contribution in [-0.2, 0) is 6.61 Å². The smallest absolute Gasteiger partial charge is 0.324 e. The first-order valence-corrected chi connectivity index (χ1v) is 5.67. The Bertz CT molecular complexity index is 694. The highest BCUT2D eigenvalue weighted by molar-refractivity contribution is 5.64. The van der Waals surface area contributed by atoms with Crippen molar-refractivity contribution in [1.29, 1.82) is 0 Å². The Hall–Kier alpha value is -3.61. The van der Waals surface area contributed by atoms with Gasteiger partial charge in [0.05, 0.1) is 26.9 Å². The molecule has 0 aliphatic carbocycles. The van der Waals surface area contributed by atoms with Gasteiger partial charge in [-0.1, -0.05) is 0 Å². The molecule has 3 N–H and O–H groups in total. The first-order chi connectivity index (χ1) is 10.8. The maximum absolute atomic E-state index is 10.4. The zero-order valence-corrected chi connectivity index (χ0v) is 11.1. The molecule has 23 heavy (non-hydrogen) atoms. The van der Waals surface area contributed by atoms with Crippen LogP contribution in [0.4, 0.5) is 17.1 Å². The summed E-state index contributed by atoms with van der Waals surface area (Å²) in [6, 6.07) is 0.894. The molecule has 0 unspecified atom stereocenters. The van der Waals surface area contributed by atoms with Gasteiger partial charge in [-0.2, -0.15) is 0 Å². The maximum atomic E-state index is 10.4. The lowest BCUT2D eigenvalue weighted by Gasteiger charge is -1.97. The summed E-state index contributed by atoms with van der Waals surface area (Å²) in [6.07, 6.45) is 3.27. The molecule has 0 bridgehead atoms. The molecule has 0 aliphatic rings. The number of rotatable bonds is 4. The van der Waals surface area contributed by atoms with Crippen molar-refractivity contribution in [1.82, 2.24) is 9.97 Å². The fourth-order valence-corrected chi connectivity index (χ4v) is 1.36. The van der Waals surface area contributed by atoms with Crippen LogP contribution in [0, 0.1) is 30.3 Å². The molecule has 1 heterocycles. The Balaban J connectivity index is 0.000000313. The molecule has 13 heteroatoms. The number of benzene rings is 1. The molecule has 0 spiro atoms. The van der Waals surface area contributed by atoms with E-state index in [2.05, 4.69) is 9.97 Å². The molecule has 0 atom stereocenters. The number of nitrogens with one attached hydrogen (secondary N) is 1. The van der Waals surface area contributed by atoms with Gasteiger partial charge in [0.25, 0.3) is 11.4 Å². The van der Waals surface area contributed by atoms with Crippen LogP contribution in [0.1, 0.15) is 5.82 Å². The average Bonchev–Trinajstić information content (AvgIpc) is 3.00. The number of hydrogen-bond acceptors (Lipinski definition) is 9. The van der Waals surface area contributed by atoms with Crippen LogP contribution in [0.15, 0.2) is 24.5 Å². The molecule has 122 valence electrons. The number of H-pyrrole nitrogens is 1. The van der Waals surface area contributed by atoms with Gasteiger partial charge >= 0.3 is 11.4 Å². The number of aromatic hydroxyl groups is 1. The van der Waals surface area contributed by atoms with Crippen LogP contribution in [-0.4, -0.2) is 35.0 Å². The molecule has 2 aromatic rings. The van der Waals surface area contributed by atoms with E-state index < -0.39 is 37.6 Å². The van der Waals surface area contributed by atoms with Crippen LogP contribution >= 0.6 is 0 Å². The maximum Gasteiger partial charge on any atom is 0.324 e. The standard InChI is InChI=1S/C6H3N3O7.C4H6N2O/c10-6-4(8(13)14)1-3(7(11)12)2-5(6)9(15)16;7-3-4-5-1-2-6-4/h1-2,10H;1-2,7H,3H2,(H,5,6). The fraction of sp³-hybridized carbons (Fsp3) is 0.100. The molecule has 1 aromatic heterocycles. The molecule has 0 radical (unpaired) electrons. The third kappa shape index (κ3) is 4.43. The predicted octanol–water partition coefficient (Wildman–Crippen LogP) is 1.02. The summed E-state index contributed by atoms with van der Waals surface area (Å²) in [4.78, 5) is 34.2. The number of phenolic OH excluding ortho intramolecular Hbond substituents is 1. The van der Waals surface area contributed by atoms with Crippen molar-refractivity contribution < 1.29 is 25.0 Å². The Morgan fingerprint density at radius 3 is 1.83 bits per heavy atom. The Kier molecular flexibility index (Phi) is 5.62. The molecular formula is C10H9N5O8. The van der Waals surface area contributed by atoms with Crippen LogP contribution in [0.25, 0.3) is 0 Å².